The van der Waals surface area contributed by atoms with Crippen LogP contribution in [0.5, 0.6) is 0 Å². The van der Waals surface area contributed by atoms with E-state index in [1.54, 1.807) is 10.7 Å². The number of fused-ring (bicyclic) bond motifs is 3. The van der Waals surface area contributed by atoms with Gasteiger partial charge in [-0.05, 0) is 19.3 Å². The molecule has 0 amide bonds. The van der Waals surface area contributed by atoms with Crippen molar-refractivity contribution in [1.29, 1.82) is 0 Å². The maximum absolute atomic E-state index is 11.0. The highest BCUT2D eigenvalue weighted by atomic mass is 16.6. The third-order valence-corrected chi connectivity index (χ3v) is 4.41. The third kappa shape index (κ3) is 1.52. The molecule has 0 bridgehead atoms. The summed E-state index contributed by atoms with van der Waals surface area (Å²) in [4.78, 5) is 17.2. The van der Waals surface area contributed by atoms with Gasteiger partial charge in [0.2, 0.25) is 5.65 Å². The second kappa shape index (κ2) is 4.16. The minimum absolute atomic E-state index is 0.0222. The van der Waals surface area contributed by atoms with Crippen LogP contribution < -0.4 is 4.90 Å². The number of anilines is 1. The van der Waals surface area contributed by atoms with E-state index in [1.807, 2.05) is 0 Å². The number of nitro groups is 1. The maximum atomic E-state index is 11.0. The fourth-order valence-corrected chi connectivity index (χ4v) is 3.47. The first-order valence-corrected chi connectivity index (χ1v) is 7.02. The Morgan fingerprint density at radius 1 is 1.30 bits per heavy atom. The van der Waals surface area contributed by atoms with Crippen molar-refractivity contribution in [3.63, 3.8) is 0 Å². The Morgan fingerprint density at radius 3 is 2.85 bits per heavy atom. The summed E-state index contributed by atoms with van der Waals surface area (Å²) in [5.41, 5.74) is 1.46. The minimum Gasteiger partial charge on any atom is -0.353 e. The normalized spacial score (nSPS) is 18.9. The maximum Gasteiger partial charge on any atom is 0.333 e. The molecule has 1 aliphatic carbocycles. The second-order valence-corrected chi connectivity index (χ2v) is 5.51. The summed E-state index contributed by atoms with van der Waals surface area (Å²) >= 11 is 0. The second-order valence-electron chi connectivity index (χ2n) is 5.51. The van der Waals surface area contributed by atoms with Crippen LogP contribution in [0.2, 0.25) is 0 Å². The van der Waals surface area contributed by atoms with E-state index in [0.29, 0.717) is 11.7 Å². The lowest BCUT2D eigenvalue weighted by Crippen LogP contribution is -2.32. The van der Waals surface area contributed by atoms with Gasteiger partial charge in [0.25, 0.3) is 0 Å². The molecule has 2 aliphatic rings. The van der Waals surface area contributed by atoms with Crippen LogP contribution in [0, 0.1) is 10.1 Å². The molecule has 2 aromatic rings. The molecule has 7 heteroatoms. The Bertz CT molecular complexity index is 689. The zero-order valence-corrected chi connectivity index (χ0v) is 11.0. The van der Waals surface area contributed by atoms with Gasteiger partial charge in [-0.15, -0.1) is 0 Å². The predicted octanol–water partition coefficient (Wildman–Crippen LogP) is 1.94. The summed E-state index contributed by atoms with van der Waals surface area (Å²) in [6, 6.07) is 0.546. The van der Waals surface area contributed by atoms with Crippen LogP contribution in [-0.2, 0) is 6.42 Å². The first-order chi connectivity index (χ1) is 9.75. The lowest BCUT2D eigenvalue weighted by molar-refractivity contribution is -0.383. The largest absolute Gasteiger partial charge is 0.353 e. The summed E-state index contributed by atoms with van der Waals surface area (Å²) in [5.74, 6) is 1.01. The summed E-state index contributed by atoms with van der Waals surface area (Å²) in [6.07, 6.45) is 8.96. The lowest BCUT2D eigenvalue weighted by Gasteiger charge is -2.26. The van der Waals surface area contributed by atoms with Gasteiger partial charge in [0, 0.05) is 24.3 Å². The molecular formula is C13H15N5O2. The first-order valence-electron chi connectivity index (χ1n) is 7.02. The van der Waals surface area contributed by atoms with Crippen molar-refractivity contribution in [1.82, 2.24) is 14.6 Å². The molecule has 20 heavy (non-hydrogen) atoms. The third-order valence-electron chi connectivity index (χ3n) is 4.41. The van der Waals surface area contributed by atoms with Gasteiger partial charge in [0.15, 0.2) is 0 Å². The molecular weight excluding hydrogens is 258 g/mol. The van der Waals surface area contributed by atoms with E-state index in [2.05, 4.69) is 15.0 Å². The molecule has 0 aromatic carbocycles. The van der Waals surface area contributed by atoms with Crippen LogP contribution in [0.1, 0.15) is 31.2 Å². The zero-order chi connectivity index (χ0) is 13.7. The Morgan fingerprint density at radius 2 is 2.10 bits per heavy atom. The number of nitrogens with zero attached hydrogens (tertiary/aromatic N) is 5. The van der Waals surface area contributed by atoms with Gasteiger partial charge in [-0.2, -0.15) is 9.61 Å². The summed E-state index contributed by atoms with van der Waals surface area (Å²) < 4.78 is 1.65. The quantitative estimate of drug-likeness (QED) is 0.617. The van der Waals surface area contributed by atoms with Gasteiger partial charge < -0.3 is 4.90 Å². The number of rotatable bonds is 2. The van der Waals surface area contributed by atoms with Crippen molar-refractivity contribution in [3.8, 4) is 0 Å². The average Bonchev–Trinajstić information content (AvgIpc) is 3.16. The number of hydrogen-bond acceptors (Lipinski definition) is 5. The molecule has 2 aromatic heterocycles. The molecule has 104 valence electrons. The van der Waals surface area contributed by atoms with Crippen molar-refractivity contribution >= 4 is 17.2 Å². The van der Waals surface area contributed by atoms with Gasteiger partial charge in [-0.25, -0.2) is 4.98 Å². The van der Waals surface area contributed by atoms with Crippen LogP contribution in [-0.4, -0.2) is 32.1 Å². The predicted molar refractivity (Wildman–Crippen MR) is 72.9 cm³/mol. The molecule has 0 N–H and O–H groups in total. The lowest BCUT2D eigenvalue weighted by atomic mass is 10.2. The molecule has 1 aliphatic heterocycles. The van der Waals surface area contributed by atoms with E-state index in [4.69, 9.17) is 0 Å². The fraction of sp³-hybridized carbons (Fsp3) is 0.538. The molecule has 0 atom stereocenters. The van der Waals surface area contributed by atoms with E-state index in [1.165, 1.54) is 31.9 Å². The van der Waals surface area contributed by atoms with E-state index in [9.17, 15) is 10.1 Å². The fourth-order valence-electron chi connectivity index (χ4n) is 3.47. The first kappa shape index (κ1) is 11.6. The smallest absolute Gasteiger partial charge is 0.333 e. The van der Waals surface area contributed by atoms with Gasteiger partial charge in [-0.1, -0.05) is 12.8 Å². The monoisotopic (exact) mass is 273 g/mol. The topological polar surface area (TPSA) is 76.6 Å². The SMILES string of the molecule is O=[N+]([O-])c1cnn2c3c(cnc12)CCN3C1CCCC1. The summed E-state index contributed by atoms with van der Waals surface area (Å²) in [6.45, 7) is 0.967. The molecule has 0 saturated heterocycles. The molecule has 1 fully saturated rings. The summed E-state index contributed by atoms with van der Waals surface area (Å²) in [5, 5.41) is 15.2. The Balaban J connectivity index is 1.87. The van der Waals surface area contributed by atoms with Gasteiger partial charge in [0.05, 0.1) is 4.92 Å². The number of hydrogen-bond donors (Lipinski definition) is 0. The van der Waals surface area contributed by atoms with Crippen molar-refractivity contribution in [2.75, 3.05) is 11.4 Å². The van der Waals surface area contributed by atoms with E-state index >= 15 is 0 Å². The minimum atomic E-state index is -0.420. The summed E-state index contributed by atoms with van der Waals surface area (Å²) in [7, 11) is 0. The van der Waals surface area contributed by atoms with Crippen molar-refractivity contribution < 1.29 is 4.92 Å². The Kier molecular flexibility index (Phi) is 2.42. The molecule has 4 rings (SSSR count). The molecule has 0 unspecified atom stereocenters. The van der Waals surface area contributed by atoms with Crippen LogP contribution in [0.3, 0.4) is 0 Å². The number of aromatic nitrogens is 3. The van der Waals surface area contributed by atoms with Gasteiger partial charge >= 0.3 is 5.69 Å². The average molecular weight is 273 g/mol. The van der Waals surface area contributed by atoms with Crippen molar-refractivity contribution in [3.05, 3.63) is 28.1 Å². The van der Waals surface area contributed by atoms with Gasteiger partial charge in [0.1, 0.15) is 12.0 Å². The van der Waals surface area contributed by atoms with E-state index in [0.717, 1.165) is 24.3 Å². The van der Waals surface area contributed by atoms with Crippen LogP contribution in [0.25, 0.3) is 5.65 Å². The van der Waals surface area contributed by atoms with Crippen molar-refractivity contribution in [2.24, 2.45) is 0 Å². The Labute approximate surface area is 115 Å². The Hall–Kier alpha value is -2.18. The van der Waals surface area contributed by atoms with Crippen LogP contribution >= 0.6 is 0 Å². The standard InChI is InChI=1S/C13H15N5O2/c19-18(20)11-8-15-17-12(11)14-7-9-5-6-16(13(9)17)10-3-1-2-4-10/h7-8,10H,1-6H2. The highest BCUT2D eigenvalue weighted by molar-refractivity contribution is 5.65. The molecule has 0 radical (unpaired) electrons. The van der Waals surface area contributed by atoms with Crippen LogP contribution in [0.4, 0.5) is 11.5 Å². The van der Waals surface area contributed by atoms with E-state index < -0.39 is 4.92 Å². The van der Waals surface area contributed by atoms with Crippen molar-refractivity contribution in [2.45, 2.75) is 38.1 Å². The molecule has 0 spiro atoms. The molecule has 1 saturated carbocycles. The van der Waals surface area contributed by atoms with Gasteiger partial charge in [-0.3, -0.25) is 10.1 Å². The zero-order valence-electron chi connectivity index (χ0n) is 11.0. The van der Waals surface area contributed by atoms with E-state index in [-0.39, 0.29) is 5.69 Å². The molecule has 3 heterocycles. The van der Waals surface area contributed by atoms with Crippen LogP contribution in [0.15, 0.2) is 12.4 Å². The highest BCUT2D eigenvalue weighted by Gasteiger charge is 2.32. The highest BCUT2D eigenvalue weighted by Crippen LogP contribution is 2.35. The molecule has 7 nitrogen and oxygen atoms in total.